The van der Waals surface area contributed by atoms with E-state index in [0.717, 1.165) is 25.7 Å². The number of hydrogen-bond donors (Lipinski definition) is 4. The van der Waals surface area contributed by atoms with Crippen LogP contribution in [-0.4, -0.2) is 70.7 Å². The highest BCUT2D eigenvalue weighted by Crippen LogP contribution is 2.06. The molecule has 1 aliphatic rings. The Kier molecular flexibility index (Phi) is 17.0. The van der Waals surface area contributed by atoms with E-state index in [0.29, 0.717) is 38.9 Å². The second-order valence-corrected chi connectivity index (χ2v) is 6.70. The number of cyclic esters (lactones) is 2. The van der Waals surface area contributed by atoms with Gasteiger partial charge in [-0.15, -0.1) is 0 Å². The highest BCUT2D eigenvalue weighted by molar-refractivity contribution is 5.91. The molecule has 180 valence electrons. The molecule has 0 radical (unpaired) electrons. The summed E-state index contributed by atoms with van der Waals surface area (Å²) in [5, 5.41) is 33.1. The van der Waals surface area contributed by atoms with Gasteiger partial charge in [0.1, 0.15) is 0 Å². The first-order valence-electron chi connectivity index (χ1n) is 10.4. The third-order valence-corrected chi connectivity index (χ3v) is 4.02. The van der Waals surface area contributed by atoms with Crippen LogP contribution in [0.25, 0.3) is 0 Å². The number of carboxylic acid groups (broad SMARTS) is 2. The topological polar surface area (TPSA) is 168 Å². The summed E-state index contributed by atoms with van der Waals surface area (Å²) in [5.74, 6) is -2.43. The van der Waals surface area contributed by atoms with E-state index in [1.807, 2.05) is 0 Å². The molecule has 1 heterocycles. The number of hydrogen-bond acceptors (Lipinski definition) is 8. The Balaban J connectivity index is 0.000000487. The number of esters is 2. The van der Waals surface area contributed by atoms with Crippen LogP contribution in [0.1, 0.15) is 72.1 Å². The van der Waals surface area contributed by atoms with Gasteiger partial charge in [0.25, 0.3) is 0 Å². The number of carboxylic acids is 2. The van der Waals surface area contributed by atoms with Crippen LogP contribution in [0.4, 0.5) is 0 Å². The number of aliphatic hydroxyl groups is 2. The Hall–Kier alpha value is -2.98. The van der Waals surface area contributed by atoms with Gasteiger partial charge in [0, 0.05) is 26.1 Å². The summed E-state index contributed by atoms with van der Waals surface area (Å²) in [4.78, 5) is 42.8. The van der Waals surface area contributed by atoms with E-state index in [4.69, 9.17) is 29.9 Å². The first kappa shape index (κ1) is 29.0. The van der Waals surface area contributed by atoms with Crippen LogP contribution >= 0.6 is 0 Å². The van der Waals surface area contributed by atoms with Crippen LogP contribution < -0.4 is 0 Å². The Morgan fingerprint density at radius 1 is 0.688 bits per heavy atom. The molecular weight excluding hydrogens is 424 g/mol. The molecule has 0 spiro atoms. The SMILES string of the molecule is O=C(O)c1ccc(C(=O)O)cc1.O=C1CCCCC(=O)OCCCCO1.OCCCCO. The van der Waals surface area contributed by atoms with Crippen molar-refractivity contribution in [2.24, 2.45) is 0 Å². The molecule has 1 aromatic carbocycles. The standard InChI is InChI=1S/C10H16O4.C8H6O4.C4H10O2/c11-9-5-1-2-6-10(12)14-8-4-3-7-13-9;9-7(10)5-1-2-6(4-3-5)8(11)12;5-3-1-2-4-6/h1-8H2;1-4H,(H,9,10)(H,11,12);5-6H,1-4H2. The van der Waals surface area contributed by atoms with Crippen molar-refractivity contribution in [2.45, 2.75) is 51.4 Å². The zero-order chi connectivity index (χ0) is 24.2. The van der Waals surface area contributed by atoms with Crippen LogP contribution in [0.5, 0.6) is 0 Å². The van der Waals surface area contributed by atoms with Gasteiger partial charge in [-0.25, -0.2) is 9.59 Å². The quantitative estimate of drug-likeness (QED) is 0.381. The molecule has 0 unspecified atom stereocenters. The van der Waals surface area contributed by atoms with Gasteiger partial charge in [-0.05, 0) is 62.8 Å². The highest BCUT2D eigenvalue weighted by atomic mass is 16.5. The lowest BCUT2D eigenvalue weighted by Gasteiger charge is -2.08. The molecule has 1 saturated heterocycles. The predicted octanol–water partition coefficient (Wildman–Crippen LogP) is 2.26. The normalized spacial score (nSPS) is 14.6. The Labute approximate surface area is 186 Å². The first-order chi connectivity index (χ1) is 15.3. The van der Waals surface area contributed by atoms with E-state index in [2.05, 4.69) is 0 Å². The number of ether oxygens (including phenoxy) is 2. The summed E-state index contributed by atoms with van der Waals surface area (Å²) in [7, 11) is 0. The average Bonchev–Trinajstić information content (AvgIpc) is 2.77. The van der Waals surface area contributed by atoms with Gasteiger partial charge in [-0.2, -0.15) is 0 Å². The van der Waals surface area contributed by atoms with Gasteiger partial charge in [0.2, 0.25) is 0 Å². The molecular formula is C22H32O10. The van der Waals surface area contributed by atoms with Crippen molar-refractivity contribution in [2.75, 3.05) is 26.4 Å². The molecule has 10 heteroatoms. The number of aromatic carboxylic acids is 2. The number of unbranched alkanes of at least 4 members (excludes halogenated alkanes) is 1. The minimum atomic E-state index is -1.06. The third-order valence-electron chi connectivity index (χ3n) is 4.02. The molecule has 0 atom stereocenters. The molecule has 4 N–H and O–H groups in total. The van der Waals surface area contributed by atoms with Gasteiger partial charge in [-0.3, -0.25) is 9.59 Å². The Bertz CT molecular complexity index is 625. The smallest absolute Gasteiger partial charge is 0.335 e. The zero-order valence-electron chi connectivity index (χ0n) is 18.0. The van der Waals surface area contributed by atoms with Crippen LogP contribution in [-0.2, 0) is 19.1 Å². The van der Waals surface area contributed by atoms with Crippen molar-refractivity contribution in [3.05, 3.63) is 35.4 Å². The summed E-state index contributed by atoms with van der Waals surface area (Å²) in [6.45, 7) is 1.27. The second kappa shape index (κ2) is 18.8. The molecule has 1 aliphatic heterocycles. The highest BCUT2D eigenvalue weighted by Gasteiger charge is 2.08. The largest absolute Gasteiger partial charge is 0.478 e. The van der Waals surface area contributed by atoms with Crippen LogP contribution in [0.3, 0.4) is 0 Å². The second-order valence-electron chi connectivity index (χ2n) is 6.70. The Morgan fingerprint density at radius 3 is 1.31 bits per heavy atom. The van der Waals surface area contributed by atoms with Crippen molar-refractivity contribution in [3.8, 4) is 0 Å². The lowest BCUT2D eigenvalue weighted by Crippen LogP contribution is -2.11. The molecule has 0 aliphatic carbocycles. The van der Waals surface area contributed by atoms with Crippen molar-refractivity contribution in [3.63, 3.8) is 0 Å². The summed E-state index contributed by atoms with van der Waals surface area (Å²) in [6, 6.07) is 5.02. The molecule has 10 nitrogen and oxygen atoms in total. The maximum Gasteiger partial charge on any atom is 0.335 e. The van der Waals surface area contributed by atoms with E-state index < -0.39 is 11.9 Å². The van der Waals surface area contributed by atoms with E-state index >= 15 is 0 Å². The van der Waals surface area contributed by atoms with Gasteiger partial charge < -0.3 is 29.9 Å². The number of carbonyl (C=O) groups is 4. The molecule has 1 aromatic rings. The number of aliphatic hydroxyl groups excluding tert-OH is 2. The van der Waals surface area contributed by atoms with Gasteiger partial charge in [0.05, 0.1) is 24.3 Å². The lowest BCUT2D eigenvalue weighted by molar-refractivity contribution is -0.147. The molecule has 0 bridgehead atoms. The van der Waals surface area contributed by atoms with E-state index in [9.17, 15) is 19.2 Å². The van der Waals surface area contributed by atoms with Crippen LogP contribution in [0, 0.1) is 0 Å². The summed E-state index contributed by atoms with van der Waals surface area (Å²) in [5.41, 5.74) is 0.167. The number of benzene rings is 1. The third kappa shape index (κ3) is 15.8. The van der Waals surface area contributed by atoms with Crippen molar-refractivity contribution in [1.29, 1.82) is 0 Å². The van der Waals surface area contributed by atoms with E-state index in [1.165, 1.54) is 24.3 Å². The number of carbonyl (C=O) groups excluding carboxylic acids is 2. The summed E-state index contributed by atoms with van der Waals surface area (Å²) >= 11 is 0. The molecule has 0 amide bonds. The maximum atomic E-state index is 11.0. The zero-order valence-corrected chi connectivity index (χ0v) is 18.0. The number of rotatable bonds is 5. The molecule has 0 aromatic heterocycles. The van der Waals surface area contributed by atoms with Crippen molar-refractivity contribution >= 4 is 23.9 Å². The predicted molar refractivity (Wildman–Crippen MR) is 113 cm³/mol. The fraction of sp³-hybridized carbons (Fsp3) is 0.545. The fourth-order valence-corrected chi connectivity index (χ4v) is 2.24. The van der Waals surface area contributed by atoms with Crippen LogP contribution in [0.2, 0.25) is 0 Å². The van der Waals surface area contributed by atoms with Gasteiger partial charge in [-0.1, -0.05) is 0 Å². The van der Waals surface area contributed by atoms with E-state index in [1.54, 1.807) is 0 Å². The Morgan fingerprint density at radius 2 is 1.03 bits per heavy atom. The van der Waals surface area contributed by atoms with Crippen LogP contribution in [0.15, 0.2) is 24.3 Å². The fourth-order valence-electron chi connectivity index (χ4n) is 2.24. The molecule has 0 saturated carbocycles. The van der Waals surface area contributed by atoms with Gasteiger partial charge >= 0.3 is 23.9 Å². The minimum absolute atomic E-state index is 0.0833. The van der Waals surface area contributed by atoms with Crippen molar-refractivity contribution in [1.82, 2.24) is 0 Å². The summed E-state index contributed by atoms with van der Waals surface area (Å²) < 4.78 is 9.92. The maximum absolute atomic E-state index is 11.0. The van der Waals surface area contributed by atoms with Gasteiger partial charge in [0.15, 0.2) is 0 Å². The minimum Gasteiger partial charge on any atom is -0.478 e. The molecule has 2 rings (SSSR count). The first-order valence-corrected chi connectivity index (χ1v) is 10.4. The summed E-state index contributed by atoms with van der Waals surface area (Å²) in [6.07, 6.45) is 5.19. The molecule has 1 fully saturated rings. The monoisotopic (exact) mass is 456 g/mol. The lowest BCUT2D eigenvalue weighted by atomic mass is 10.1. The molecule has 32 heavy (non-hydrogen) atoms. The van der Waals surface area contributed by atoms with Crippen molar-refractivity contribution < 1.29 is 49.1 Å². The van der Waals surface area contributed by atoms with E-state index in [-0.39, 0.29) is 36.3 Å². The average molecular weight is 456 g/mol.